The lowest BCUT2D eigenvalue weighted by Crippen LogP contribution is -2.51. The number of rotatable bonds is 4. The maximum absolute atomic E-state index is 12.9. The summed E-state index contributed by atoms with van der Waals surface area (Å²) in [6.07, 6.45) is 2.63. The van der Waals surface area contributed by atoms with Gasteiger partial charge in [0, 0.05) is 38.3 Å². The second-order valence-electron chi connectivity index (χ2n) is 6.26. The number of hydrogen-bond donors (Lipinski definition) is 1. The highest BCUT2D eigenvalue weighted by molar-refractivity contribution is 7.89. The highest BCUT2D eigenvalue weighted by Gasteiger charge is 2.35. The zero-order valence-electron chi connectivity index (χ0n) is 13.9. The Hall–Kier alpha value is -1.44. The highest BCUT2D eigenvalue weighted by atomic mass is 32.2. The fourth-order valence-electron chi connectivity index (χ4n) is 2.92. The molecule has 1 saturated heterocycles. The van der Waals surface area contributed by atoms with Gasteiger partial charge in [0.25, 0.3) is 5.91 Å². The molecular weight excluding hydrogens is 314 g/mol. The number of carbonyl (C=O) groups excluding carboxylic acids is 1. The maximum Gasteiger partial charge on any atom is 0.253 e. The third-order valence-corrected chi connectivity index (χ3v) is 6.16. The Balaban J connectivity index is 2.30. The standard InChI is InChI=1S/C16H25N3O3S/c1-12(17)15-6-4-5-11-19(15)23(21,22)14-9-7-13(8-10-14)16(20)18(2)3/h7-10,12,15H,4-6,11,17H2,1-3H3. The number of nitrogens with two attached hydrogens (primary N) is 1. The summed E-state index contributed by atoms with van der Waals surface area (Å²) in [6.45, 7) is 2.34. The minimum absolute atomic E-state index is 0.152. The molecular formula is C16H25N3O3S. The van der Waals surface area contributed by atoms with Crippen LogP contribution in [0.25, 0.3) is 0 Å². The monoisotopic (exact) mass is 339 g/mol. The number of hydrogen-bond acceptors (Lipinski definition) is 4. The SMILES string of the molecule is CC(N)C1CCCCN1S(=O)(=O)c1ccc(C(=O)N(C)C)cc1. The summed E-state index contributed by atoms with van der Waals surface area (Å²) in [5.74, 6) is -0.152. The first kappa shape index (κ1) is 17.9. The van der Waals surface area contributed by atoms with Crippen LogP contribution in [0.3, 0.4) is 0 Å². The van der Waals surface area contributed by atoms with Gasteiger partial charge in [0.2, 0.25) is 10.0 Å². The molecule has 6 nitrogen and oxygen atoms in total. The largest absolute Gasteiger partial charge is 0.345 e. The zero-order valence-corrected chi connectivity index (χ0v) is 14.7. The lowest BCUT2D eigenvalue weighted by Gasteiger charge is -2.36. The first-order valence-corrected chi connectivity index (χ1v) is 9.28. The van der Waals surface area contributed by atoms with Gasteiger partial charge in [-0.3, -0.25) is 4.79 Å². The van der Waals surface area contributed by atoms with Crippen LogP contribution >= 0.6 is 0 Å². The number of piperidine rings is 1. The average molecular weight is 339 g/mol. The van der Waals surface area contributed by atoms with Crippen molar-refractivity contribution in [2.45, 2.75) is 43.2 Å². The molecule has 0 aromatic heterocycles. The molecule has 2 unspecified atom stereocenters. The van der Waals surface area contributed by atoms with Crippen LogP contribution in [0.1, 0.15) is 36.5 Å². The Morgan fingerprint density at radius 3 is 2.39 bits per heavy atom. The molecule has 1 aliphatic rings. The average Bonchev–Trinajstić information content (AvgIpc) is 2.54. The predicted molar refractivity (Wildman–Crippen MR) is 89.6 cm³/mol. The van der Waals surface area contributed by atoms with Gasteiger partial charge >= 0.3 is 0 Å². The van der Waals surface area contributed by atoms with Crippen LogP contribution in [0.2, 0.25) is 0 Å². The molecule has 1 aliphatic heterocycles. The number of nitrogens with zero attached hydrogens (tertiary/aromatic N) is 2. The Kier molecular flexibility index (Phi) is 5.44. The van der Waals surface area contributed by atoms with Crippen molar-refractivity contribution >= 4 is 15.9 Å². The van der Waals surface area contributed by atoms with Crippen LogP contribution in [-0.4, -0.2) is 56.3 Å². The lowest BCUT2D eigenvalue weighted by molar-refractivity contribution is 0.0827. The van der Waals surface area contributed by atoms with Crippen LogP contribution in [0, 0.1) is 0 Å². The summed E-state index contributed by atoms with van der Waals surface area (Å²) in [5, 5.41) is 0. The fraction of sp³-hybridized carbons (Fsp3) is 0.562. The van der Waals surface area contributed by atoms with Crippen molar-refractivity contribution in [1.29, 1.82) is 0 Å². The van der Waals surface area contributed by atoms with Crippen LogP contribution in [0.5, 0.6) is 0 Å². The molecule has 2 N–H and O–H groups in total. The molecule has 0 saturated carbocycles. The molecule has 128 valence electrons. The van der Waals surface area contributed by atoms with E-state index in [2.05, 4.69) is 0 Å². The van der Waals surface area contributed by atoms with Crippen LogP contribution in [-0.2, 0) is 10.0 Å². The van der Waals surface area contributed by atoms with Gasteiger partial charge in [-0.05, 0) is 44.0 Å². The van der Waals surface area contributed by atoms with E-state index < -0.39 is 10.0 Å². The van der Waals surface area contributed by atoms with Crippen molar-refractivity contribution in [2.75, 3.05) is 20.6 Å². The minimum Gasteiger partial charge on any atom is -0.345 e. The molecule has 1 fully saturated rings. The highest BCUT2D eigenvalue weighted by Crippen LogP contribution is 2.26. The van der Waals surface area contributed by atoms with Crippen molar-refractivity contribution in [3.05, 3.63) is 29.8 Å². The van der Waals surface area contributed by atoms with E-state index in [-0.39, 0.29) is 22.9 Å². The second-order valence-corrected chi connectivity index (χ2v) is 8.15. The van der Waals surface area contributed by atoms with Gasteiger partial charge in [0.15, 0.2) is 0 Å². The first-order valence-electron chi connectivity index (χ1n) is 7.84. The van der Waals surface area contributed by atoms with E-state index in [0.717, 1.165) is 19.3 Å². The van der Waals surface area contributed by atoms with Crippen LogP contribution < -0.4 is 5.73 Å². The minimum atomic E-state index is -3.59. The molecule has 1 heterocycles. The van der Waals surface area contributed by atoms with Crippen molar-refractivity contribution in [2.24, 2.45) is 5.73 Å². The molecule has 2 rings (SSSR count). The van der Waals surface area contributed by atoms with Gasteiger partial charge in [0.1, 0.15) is 0 Å². The third kappa shape index (κ3) is 3.73. The van der Waals surface area contributed by atoms with E-state index >= 15 is 0 Å². The van der Waals surface area contributed by atoms with E-state index in [1.165, 1.54) is 21.3 Å². The van der Waals surface area contributed by atoms with Crippen molar-refractivity contribution in [3.63, 3.8) is 0 Å². The predicted octanol–water partition coefficient (Wildman–Crippen LogP) is 1.28. The Morgan fingerprint density at radius 2 is 1.87 bits per heavy atom. The molecule has 0 aliphatic carbocycles. The Bertz CT molecular complexity index is 654. The molecule has 2 atom stereocenters. The van der Waals surface area contributed by atoms with Gasteiger partial charge in [-0.15, -0.1) is 0 Å². The van der Waals surface area contributed by atoms with Gasteiger partial charge in [-0.25, -0.2) is 8.42 Å². The van der Waals surface area contributed by atoms with Gasteiger partial charge < -0.3 is 10.6 Å². The number of amides is 1. The summed E-state index contributed by atoms with van der Waals surface area (Å²) < 4.78 is 27.3. The van der Waals surface area contributed by atoms with E-state index in [9.17, 15) is 13.2 Å². The fourth-order valence-corrected chi connectivity index (χ4v) is 4.69. The van der Waals surface area contributed by atoms with Crippen molar-refractivity contribution in [1.82, 2.24) is 9.21 Å². The number of benzene rings is 1. The molecule has 1 aromatic carbocycles. The van der Waals surface area contributed by atoms with E-state index in [0.29, 0.717) is 12.1 Å². The first-order chi connectivity index (χ1) is 10.7. The molecule has 0 spiro atoms. The van der Waals surface area contributed by atoms with Gasteiger partial charge in [-0.1, -0.05) is 6.42 Å². The molecule has 23 heavy (non-hydrogen) atoms. The number of sulfonamides is 1. The summed E-state index contributed by atoms with van der Waals surface area (Å²) >= 11 is 0. The molecule has 1 aromatic rings. The summed E-state index contributed by atoms with van der Waals surface area (Å²) in [6, 6.07) is 5.73. The summed E-state index contributed by atoms with van der Waals surface area (Å²) in [7, 11) is -0.269. The number of carbonyl (C=O) groups is 1. The topological polar surface area (TPSA) is 83.7 Å². The van der Waals surface area contributed by atoms with E-state index in [1.54, 1.807) is 26.2 Å². The lowest BCUT2D eigenvalue weighted by atomic mass is 10.00. The molecule has 7 heteroatoms. The molecule has 1 amide bonds. The Labute approximate surface area is 138 Å². The third-order valence-electron chi connectivity index (χ3n) is 4.22. The van der Waals surface area contributed by atoms with E-state index in [1.807, 2.05) is 6.92 Å². The maximum atomic E-state index is 12.9. The van der Waals surface area contributed by atoms with Crippen molar-refractivity contribution in [3.8, 4) is 0 Å². The normalized spacial score (nSPS) is 21.0. The quantitative estimate of drug-likeness (QED) is 0.895. The van der Waals surface area contributed by atoms with Crippen LogP contribution in [0.15, 0.2) is 29.2 Å². The Morgan fingerprint density at radius 1 is 1.26 bits per heavy atom. The second kappa shape index (κ2) is 6.98. The smallest absolute Gasteiger partial charge is 0.253 e. The zero-order chi connectivity index (χ0) is 17.2. The summed E-state index contributed by atoms with van der Waals surface area (Å²) in [4.78, 5) is 13.6. The molecule has 0 radical (unpaired) electrons. The molecule has 0 bridgehead atoms. The van der Waals surface area contributed by atoms with Crippen LogP contribution in [0.4, 0.5) is 0 Å². The van der Waals surface area contributed by atoms with Gasteiger partial charge in [-0.2, -0.15) is 4.31 Å². The van der Waals surface area contributed by atoms with Crippen molar-refractivity contribution < 1.29 is 13.2 Å². The van der Waals surface area contributed by atoms with E-state index in [4.69, 9.17) is 5.73 Å². The van der Waals surface area contributed by atoms with Gasteiger partial charge in [0.05, 0.1) is 4.90 Å². The summed E-state index contributed by atoms with van der Waals surface area (Å²) in [5.41, 5.74) is 6.44.